The van der Waals surface area contributed by atoms with Gasteiger partial charge in [-0.05, 0) is 24.3 Å². The number of rotatable bonds is 4. The fourth-order valence-corrected chi connectivity index (χ4v) is 2.34. The molecule has 0 aliphatic carbocycles. The van der Waals surface area contributed by atoms with Crippen molar-refractivity contribution >= 4 is 11.6 Å². The molecule has 1 N–H and O–H groups in total. The average molecular weight is 362 g/mol. The zero-order valence-electron chi connectivity index (χ0n) is 13.5. The number of ether oxygens (including phenoxy) is 1. The van der Waals surface area contributed by atoms with Crippen LogP contribution in [0.15, 0.2) is 54.9 Å². The lowest BCUT2D eigenvalue weighted by atomic mass is 10.2. The Kier molecular flexibility index (Phi) is 4.61. The Hall–Kier alpha value is -3.36. The van der Waals surface area contributed by atoms with E-state index in [1.807, 2.05) is 0 Å². The molecule has 6 nitrogen and oxygen atoms in total. The van der Waals surface area contributed by atoms with Gasteiger partial charge in [0.05, 0.1) is 18.9 Å². The second-order valence-electron chi connectivity index (χ2n) is 5.19. The Morgan fingerprint density at radius 3 is 2.65 bits per heavy atom. The number of aromatic nitrogens is 3. The molecule has 0 atom stereocenters. The summed E-state index contributed by atoms with van der Waals surface area (Å²) in [6.07, 6.45) is -2.59. The van der Waals surface area contributed by atoms with Gasteiger partial charge in [0, 0.05) is 18.0 Å². The van der Waals surface area contributed by atoms with Crippen LogP contribution in [0.3, 0.4) is 0 Å². The van der Waals surface area contributed by atoms with Gasteiger partial charge in [-0.25, -0.2) is 9.67 Å². The smallest absolute Gasteiger partial charge is 0.434 e. The third-order valence-electron chi connectivity index (χ3n) is 3.48. The van der Waals surface area contributed by atoms with Crippen LogP contribution >= 0.6 is 0 Å². The molecule has 0 fully saturated rings. The molecule has 3 aromatic rings. The number of halogens is 3. The molecule has 0 spiro atoms. The third kappa shape index (κ3) is 3.51. The quantitative estimate of drug-likeness (QED) is 0.771. The second-order valence-corrected chi connectivity index (χ2v) is 5.19. The Bertz CT molecular complexity index is 923. The number of methoxy groups -OCH3 is 1. The molecule has 1 aromatic carbocycles. The molecule has 2 heterocycles. The van der Waals surface area contributed by atoms with Crippen molar-refractivity contribution < 1.29 is 22.7 Å². The largest absolute Gasteiger partial charge is 0.497 e. The van der Waals surface area contributed by atoms with Crippen LogP contribution in [0.2, 0.25) is 0 Å². The zero-order valence-corrected chi connectivity index (χ0v) is 13.5. The second kappa shape index (κ2) is 6.87. The van der Waals surface area contributed by atoms with Gasteiger partial charge in [-0.15, -0.1) is 0 Å². The normalized spacial score (nSPS) is 11.2. The predicted octanol–water partition coefficient (Wildman–Crippen LogP) is 3.55. The highest BCUT2D eigenvalue weighted by atomic mass is 19.4. The van der Waals surface area contributed by atoms with Crippen LogP contribution in [0.25, 0.3) is 5.82 Å². The maximum atomic E-state index is 13.6. The van der Waals surface area contributed by atoms with Crippen molar-refractivity contribution in [2.24, 2.45) is 0 Å². The summed E-state index contributed by atoms with van der Waals surface area (Å²) in [5.41, 5.74) is -1.50. The molecule has 2 aromatic heterocycles. The van der Waals surface area contributed by atoms with Crippen molar-refractivity contribution in [3.63, 3.8) is 0 Å². The number of benzene rings is 1. The zero-order chi connectivity index (χ0) is 18.7. The van der Waals surface area contributed by atoms with Crippen LogP contribution in [0.5, 0.6) is 5.75 Å². The molecule has 0 bridgehead atoms. The maximum Gasteiger partial charge on any atom is 0.434 e. The third-order valence-corrected chi connectivity index (χ3v) is 3.48. The lowest BCUT2D eigenvalue weighted by molar-refractivity contribution is -0.143. The maximum absolute atomic E-state index is 13.6. The van der Waals surface area contributed by atoms with E-state index in [0.717, 1.165) is 6.20 Å². The summed E-state index contributed by atoms with van der Waals surface area (Å²) in [6, 6.07) is 10.8. The van der Waals surface area contributed by atoms with Crippen LogP contribution in [0, 0.1) is 0 Å². The number of anilines is 1. The van der Waals surface area contributed by atoms with Crippen molar-refractivity contribution in [1.82, 2.24) is 14.8 Å². The van der Waals surface area contributed by atoms with Gasteiger partial charge in [-0.2, -0.15) is 18.3 Å². The molecule has 9 heteroatoms. The minimum atomic E-state index is -4.80. The van der Waals surface area contributed by atoms with Gasteiger partial charge >= 0.3 is 6.18 Å². The van der Waals surface area contributed by atoms with Gasteiger partial charge in [0.15, 0.2) is 11.5 Å². The summed E-state index contributed by atoms with van der Waals surface area (Å²) in [5.74, 6) is -0.518. The number of hydrogen-bond donors (Lipinski definition) is 1. The van der Waals surface area contributed by atoms with Crippen molar-refractivity contribution in [2.45, 2.75) is 6.18 Å². The first-order valence-electron chi connectivity index (χ1n) is 7.42. The van der Waals surface area contributed by atoms with E-state index in [9.17, 15) is 18.0 Å². The van der Waals surface area contributed by atoms with Gasteiger partial charge in [0.2, 0.25) is 0 Å². The van der Waals surface area contributed by atoms with Crippen LogP contribution < -0.4 is 10.1 Å². The highest BCUT2D eigenvalue weighted by Gasteiger charge is 2.40. The lowest BCUT2D eigenvalue weighted by Crippen LogP contribution is -2.21. The van der Waals surface area contributed by atoms with E-state index in [-0.39, 0.29) is 5.82 Å². The van der Waals surface area contributed by atoms with Gasteiger partial charge in [0.25, 0.3) is 5.91 Å². The molecule has 0 saturated heterocycles. The lowest BCUT2D eigenvalue weighted by Gasteiger charge is -2.12. The molecular formula is C17H13F3N4O2. The summed E-state index contributed by atoms with van der Waals surface area (Å²) in [6.45, 7) is 0. The molecule has 0 saturated carbocycles. The standard InChI is InChI=1S/C17H13F3N4O2/c1-26-12-6-4-5-11(9-12)23-16(25)13-10-22-24(15(13)17(18,19)20)14-7-2-3-8-21-14/h2-10H,1H3,(H,23,25). The molecule has 134 valence electrons. The Morgan fingerprint density at radius 1 is 1.19 bits per heavy atom. The van der Waals surface area contributed by atoms with Crippen molar-refractivity contribution in [3.05, 3.63) is 66.1 Å². The Morgan fingerprint density at radius 2 is 2.00 bits per heavy atom. The predicted molar refractivity (Wildman–Crippen MR) is 87.3 cm³/mol. The number of alkyl halides is 3. The van der Waals surface area contributed by atoms with Gasteiger partial charge in [-0.3, -0.25) is 4.79 Å². The van der Waals surface area contributed by atoms with Crippen LogP contribution in [0.4, 0.5) is 18.9 Å². The fraction of sp³-hybridized carbons (Fsp3) is 0.118. The van der Waals surface area contributed by atoms with Gasteiger partial charge in [0.1, 0.15) is 5.75 Å². The molecule has 0 radical (unpaired) electrons. The van der Waals surface area contributed by atoms with E-state index < -0.39 is 23.3 Å². The summed E-state index contributed by atoms with van der Waals surface area (Å²) in [5, 5.41) is 6.12. The number of hydrogen-bond acceptors (Lipinski definition) is 4. The fourth-order valence-electron chi connectivity index (χ4n) is 2.34. The van der Waals surface area contributed by atoms with Crippen molar-refractivity contribution in [1.29, 1.82) is 0 Å². The van der Waals surface area contributed by atoms with Crippen LogP contribution in [-0.2, 0) is 6.18 Å². The number of nitrogens with one attached hydrogen (secondary N) is 1. The molecule has 0 unspecified atom stereocenters. The Labute approximate surface area is 146 Å². The number of nitrogens with zero attached hydrogens (tertiary/aromatic N) is 3. The highest BCUT2D eigenvalue weighted by Crippen LogP contribution is 2.33. The Balaban J connectivity index is 1.99. The SMILES string of the molecule is COc1cccc(NC(=O)c2cnn(-c3ccccn3)c2C(F)(F)F)c1. The minimum absolute atomic E-state index is 0.0414. The van der Waals surface area contributed by atoms with E-state index in [2.05, 4.69) is 15.4 Å². The highest BCUT2D eigenvalue weighted by molar-refractivity contribution is 6.05. The summed E-state index contributed by atoms with van der Waals surface area (Å²) >= 11 is 0. The van der Waals surface area contributed by atoms with Gasteiger partial charge < -0.3 is 10.1 Å². The van der Waals surface area contributed by atoms with E-state index >= 15 is 0 Å². The number of carbonyl (C=O) groups is 1. The van der Waals surface area contributed by atoms with E-state index in [1.165, 1.54) is 37.6 Å². The summed E-state index contributed by atoms with van der Waals surface area (Å²) in [4.78, 5) is 16.3. The monoisotopic (exact) mass is 362 g/mol. The number of amides is 1. The van der Waals surface area contributed by atoms with Crippen molar-refractivity contribution in [2.75, 3.05) is 12.4 Å². The topological polar surface area (TPSA) is 69.0 Å². The summed E-state index contributed by atoms with van der Waals surface area (Å²) < 4.78 is 46.3. The molecule has 26 heavy (non-hydrogen) atoms. The van der Waals surface area contributed by atoms with E-state index in [0.29, 0.717) is 16.1 Å². The average Bonchev–Trinajstić information content (AvgIpc) is 3.08. The van der Waals surface area contributed by atoms with E-state index in [4.69, 9.17) is 4.74 Å². The van der Waals surface area contributed by atoms with Crippen LogP contribution in [-0.4, -0.2) is 27.8 Å². The van der Waals surface area contributed by atoms with Crippen LogP contribution in [0.1, 0.15) is 16.1 Å². The first-order chi connectivity index (χ1) is 12.4. The van der Waals surface area contributed by atoms with E-state index in [1.54, 1.807) is 18.2 Å². The van der Waals surface area contributed by atoms with Gasteiger partial charge in [-0.1, -0.05) is 12.1 Å². The first-order valence-corrected chi connectivity index (χ1v) is 7.42. The minimum Gasteiger partial charge on any atom is -0.497 e. The molecule has 0 aliphatic rings. The molecule has 0 aliphatic heterocycles. The first kappa shape index (κ1) is 17.5. The molecule has 3 rings (SSSR count). The van der Waals surface area contributed by atoms with Crippen molar-refractivity contribution in [3.8, 4) is 11.6 Å². The molecular weight excluding hydrogens is 349 g/mol. The number of carbonyl (C=O) groups excluding carboxylic acids is 1. The number of pyridine rings is 1. The molecule has 1 amide bonds. The summed E-state index contributed by atoms with van der Waals surface area (Å²) in [7, 11) is 1.44.